The van der Waals surface area contributed by atoms with Crippen molar-refractivity contribution >= 4 is 0 Å². The SMILES string of the molecule is C/C=C(\C)CN1CCc2onc(-c3ccccc3)c2C1. The van der Waals surface area contributed by atoms with Crippen LogP contribution >= 0.6 is 0 Å². The molecule has 3 nitrogen and oxygen atoms in total. The van der Waals surface area contributed by atoms with E-state index in [9.17, 15) is 0 Å². The van der Waals surface area contributed by atoms with Crippen LogP contribution in [-0.2, 0) is 13.0 Å². The molecule has 0 atom stereocenters. The maximum Gasteiger partial charge on any atom is 0.143 e. The second-order valence-electron chi connectivity index (χ2n) is 5.39. The summed E-state index contributed by atoms with van der Waals surface area (Å²) in [5, 5.41) is 4.29. The fourth-order valence-corrected chi connectivity index (χ4v) is 2.67. The molecule has 0 aliphatic carbocycles. The Morgan fingerprint density at radius 1 is 1.35 bits per heavy atom. The summed E-state index contributed by atoms with van der Waals surface area (Å²) in [6.07, 6.45) is 3.13. The van der Waals surface area contributed by atoms with Gasteiger partial charge in [-0.25, -0.2) is 0 Å². The van der Waals surface area contributed by atoms with Gasteiger partial charge < -0.3 is 4.52 Å². The molecule has 0 bridgehead atoms. The number of hydrogen-bond acceptors (Lipinski definition) is 3. The van der Waals surface area contributed by atoms with Gasteiger partial charge in [-0.1, -0.05) is 47.1 Å². The van der Waals surface area contributed by atoms with E-state index in [0.717, 1.165) is 43.1 Å². The Hall–Kier alpha value is -1.87. The predicted molar refractivity (Wildman–Crippen MR) is 80.4 cm³/mol. The highest BCUT2D eigenvalue weighted by Crippen LogP contribution is 2.29. The van der Waals surface area contributed by atoms with Gasteiger partial charge in [-0.05, 0) is 13.8 Å². The van der Waals surface area contributed by atoms with E-state index in [1.165, 1.54) is 11.1 Å². The van der Waals surface area contributed by atoms with Crippen LogP contribution in [0.2, 0.25) is 0 Å². The van der Waals surface area contributed by atoms with Crippen LogP contribution in [-0.4, -0.2) is 23.1 Å². The first-order valence-electron chi connectivity index (χ1n) is 7.15. The highest BCUT2D eigenvalue weighted by molar-refractivity contribution is 5.63. The number of aromatic nitrogens is 1. The molecule has 0 N–H and O–H groups in total. The van der Waals surface area contributed by atoms with Gasteiger partial charge in [0.05, 0.1) is 0 Å². The minimum atomic E-state index is 0.925. The number of allylic oxidation sites excluding steroid dienone is 1. The molecule has 0 fully saturated rings. The van der Waals surface area contributed by atoms with Gasteiger partial charge in [-0.15, -0.1) is 0 Å². The van der Waals surface area contributed by atoms with E-state index in [2.05, 4.69) is 42.1 Å². The molecule has 104 valence electrons. The highest BCUT2D eigenvalue weighted by Gasteiger charge is 2.24. The third kappa shape index (κ3) is 2.54. The van der Waals surface area contributed by atoms with Crippen molar-refractivity contribution in [2.24, 2.45) is 0 Å². The van der Waals surface area contributed by atoms with E-state index in [0.29, 0.717) is 0 Å². The third-order valence-corrected chi connectivity index (χ3v) is 3.92. The predicted octanol–water partition coefficient (Wildman–Crippen LogP) is 3.67. The fraction of sp³-hybridized carbons (Fsp3) is 0.353. The van der Waals surface area contributed by atoms with Gasteiger partial charge in [0.15, 0.2) is 0 Å². The molecule has 1 aromatic heterocycles. The summed E-state index contributed by atoms with van der Waals surface area (Å²) in [4.78, 5) is 2.46. The molecular formula is C17H20N2O. The monoisotopic (exact) mass is 268 g/mol. The Balaban J connectivity index is 1.87. The summed E-state index contributed by atoms with van der Waals surface area (Å²) in [5.41, 5.74) is 4.81. The zero-order valence-electron chi connectivity index (χ0n) is 12.1. The van der Waals surface area contributed by atoms with E-state index < -0.39 is 0 Å². The van der Waals surface area contributed by atoms with Crippen molar-refractivity contribution in [2.45, 2.75) is 26.8 Å². The second kappa shape index (κ2) is 5.63. The molecule has 2 heterocycles. The standard InChI is InChI=1S/C17H20N2O/c1-3-13(2)11-19-10-9-16-15(12-19)17(18-20-16)14-7-5-4-6-8-14/h3-8H,9-12H2,1-2H3/b13-3+. The zero-order valence-corrected chi connectivity index (χ0v) is 12.1. The van der Waals surface area contributed by atoms with E-state index in [4.69, 9.17) is 4.52 Å². The maximum absolute atomic E-state index is 5.53. The minimum Gasteiger partial charge on any atom is -0.360 e. The molecule has 20 heavy (non-hydrogen) atoms. The molecule has 1 aliphatic heterocycles. The molecule has 0 radical (unpaired) electrons. The van der Waals surface area contributed by atoms with Crippen molar-refractivity contribution in [3.8, 4) is 11.3 Å². The second-order valence-corrected chi connectivity index (χ2v) is 5.39. The average Bonchev–Trinajstić information content (AvgIpc) is 2.91. The fourth-order valence-electron chi connectivity index (χ4n) is 2.67. The van der Waals surface area contributed by atoms with Gasteiger partial charge in [0, 0.05) is 37.2 Å². The van der Waals surface area contributed by atoms with Crippen LogP contribution in [0.1, 0.15) is 25.2 Å². The van der Waals surface area contributed by atoms with Crippen molar-refractivity contribution in [3.63, 3.8) is 0 Å². The van der Waals surface area contributed by atoms with Gasteiger partial charge in [-0.2, -0.15) is 0 Å². The van der Waals surface area contributed by atoms with Crippen LogP contribution < -0.4 is 0 Å². The molecule has 3 heteroatoms. The molecule has 0 saturated carbocycles. The lowest BCUT2D eigenvalue weighted by atomic mass is 10.0. The van der Waals surface area contributed by atoms with Gasteiger partial charge in [0.1, 0.15) is 11.5 Å². The normalized spacial score (nSPS) is 16.2. The number of benzene rings is 1. The number of fused-ring (bicyclic) bond motifs is 1. The quantitative estimate of drug-likeness (QED) is 0.795. The molecule has 0 spiro atoms. The van der Waals surface area contributed by atoms with Crippen LogP contribution in [0.15, 0.2) is 46.5 Å². The summed E-state index contributed by atoms with van der Waals surface area (Å²) in [6, 6.07) is 10.3. The van der Waals surface area contributed by atoms with Crippen LogP contribution in [0, 0.1) is 0 Å². The van der Waals surface area contributed by atoms with Crippen molar-refractivity contribution in [2.75, 3.05) is 13.1 Å². The Morgan fingerprint density at radius 3 is 2.90 bits per heavy atom. The molecular weight excluding hydrogens is 248 g/mol. The van der Waals surface area contributed by atoms with Gasteiger partial charge in [0.2, 0.25) is 0 Å². The van der Waals surface area contributed by atoms with Crippen molar-refractivity contribution in [1.82, 2.24) is 10.1 Å². The topological polar surface area (TPSA) is 29.3 Å². The maximum atomic E-state index is 5.53. The van der Waals surface area contributed by atoms with Crippen LogP contribution in [0.5, 0.6) is 0 Å². The molecule has 0 amide bonds. The molecule has 1 aromatic carbocycles. The summed E-state index contributed by atoms with van der Waals surface area (Å²) >= 11 is 0. The summed E-state index contributed by atoms with van der Waals surface area (Å²) in [7, 11) is 0. The zero-order chi connectivity index (χ0) is 13.9. The Labute approximate surface area is 119 Å². The van der Waals surface area contributed by atoms with Crippen LogP contribution in [0.4, 0.5) is 0 Å². The van der Waals surface area contributed by atoms with Crippen LogP contribution in [0.3, 0.4) is 0 Å². The Kier molecular flexibility index (Phi) is 3.70. The van der Waals surface area contributed by atoms with E-state index in [-0.39, 0.29) is 0 Å². The first kappa shape index (κ1) is 13.1. The molecule has 0 saturated heterocycles. The lowest BCUT2D eigenvalue weighted by Crippen LogP contribution is -2.31. The lowest BCUT2D eigenvalue weighted by molar-refractivity contribution is 0.253. The van der Waals surface area contributed by atoms with Crippen molar-refractivity contribution in [1.29, 1.82) is 0 Å². The van der Waals surface area contributed by atoms with Gasteiger partial charge >= 0.3 is 0 Å². The Morgan fingerprint density at radius 2 is 2.15 bits per heavy atom. The average molecular weight is 268 g/mol. The lowest BCUT2D eigenvalue weighted by Gasteiger charge is -2.26. The molecule has 1 aliphatic rings. The summed E-state index contributed by atoms with van der Waals surface area (Å²) in [6.45, 7) is 7.27. The number of rotatable bonds is 3. The summed E-state index contributed by atoms with van der Waals surface area (Å²) < 4.78 is 5.53. The largest absolute Gasteiger partial charge is 0.360 e. The van der Waals surface area contributed by atoms with E-state index in [1.54, 1.807) is 0 Å². The highest BCUT2D eigenvalue weighted by atomic mass is 16.5. The summed E-state index contributed by atoms with van der Waals surface area (Å²) in [5.74, 6) is 1.05. The first-order chi connectivity index (χ1) is 9.78. The number of nitrogens with zero attached hydrogens (tertiary/aromatic N) is 2. The van der Waals surface area contributed by atoms with Gasteiger partial charge in [0.25, 0.3) is 0 Å². The van der Waals surface area contributed by atoms with Gasteiger partial charge in [-0.3, -0.25) is 4.90 Å². The minimum absolute atomic E-state index is 0.925. The smallest absolute Gasteiger partial charge is 0.143 e. The molecule has 3 rings (SSSR count). The van der Waals surface area contributed by atoms with Crippen LogP contribution in [0.25, 0.3) is 11.3 Å². The van der Waals surface area contributed by atoms with E-state index >= 15 is 0 Å². The van der Waals surface area contributed by atoms with Crippen molar-refractivity contribution in [3.05, 3.63) is 53.3 Å². The Bertz CT molecular complexity index is 613. The van der Waals surface area contributed by atoms with Crippen molar-refractivity contribution < 1.29 is 4.52 Å². The first-order valence-corrected chi connectivity index (χ1v) is 7.15. The number of hydrogen-bond donors (Lipinski definition) is 0. The molecule has 2 aromatic rings. The van der Waals surface area contributed by atoms with E-state index in [1.807, 2.05) is 18.2 Å². The third-order valence-electron chi connectivity index (χ3n) is 3.92. The molecule has 0 unspecified atom stereocenters.